The molecule has 0 fully saturated rings. The third-order valence-electron chi connectivity index (χ3n) is 4.27. The molecule has 0 unspecified atom stereocenters. The van der Waals surface area contributed by atoms with Crippen molar-refractivity contribution in [3.63, 3.8) is 0 Å². The van der Waals surface area contributed by atoms with Crippen LogP contribution in [0.2, 0.25) is 0 Å². The second-order valence-electron chi connectivity index (χ2n) is 6.59. The van der Waals surface area contributed by atoms with E-state index in [0.29, 0.717) is 25.1 Å². The Labute approximate surface area is 165 Å². The van der Waals surface area contributed by atoms with E-state index in [0.717, 1.165) is 11.1 Å². The Morgan fingerprint density at radius 1 is 0.964 bits per heavy atom. The number of rotatable bonds is 9. The van der Waals surface area contributed by atoms with Crippen LogP contribution < -0.4 is 5.32 Å². The van der Waals surface area contributed by atoms with Gasteiger partial charge in [0, 0.05) is 24.5 Å². The van der Waals surface area contributed by atoms with Crippen molar-refractivity contribution in [1.82, 2.24) is 15.1 Å². The van der Waals surface area contributed by atoms with Gasteiger partial charge in [0.2, 0.25) is 0 Å². The number of nitrogens with zero attached hydrogens (tertiary/aromatic N) is 2. The molecule has 1 aromatic heterocycles. The lowest BCUT2D eigenvalue weighted by Gasteiger charge is -2.08. The number of carbonyl (C=O) groups excluding carboxylic acids is 1. The molecular formula is C21H23N3O3S. The van der Waals surface area contributed by atoms with E-state index in [4.69, 9.17) is 0 Å². The Morgan fingerprint density at radius 3 is 2.39 bits per heavy atom. The normalized spacial score (nSPS) is 11.3. The molecule has 28 heavy (non-hydrogen) atoms. The third kappa shape index (κ3) is 6.06. The summed E-state index contributed by atoms with van der Waals surface area (Å²) in [4.78, 5) is 12.2. The molecule has 1 amide bonds. The van der Waals surface area contributed by atoms with E-state index in [9.17, 15) is 13.2 Å². The summed E-state index contributed by atoms with van der Waals surface area (Å²) in [7, 11) is -3.19. The summed E-state index contributed by atoms with van der Waals surface area (Å²) < 4.78 is 26.1. The fourth-order valence-corrected chi connectivity index (χ4v) is 4.27. The lowest BCUT2D eigenvalue weighted by Crippen LogP contribution is -2.26. The average Bonchev–Trinajstić information content (AvgIpc) is 3.19. The first-order chi connectivity index (χ1) is 13.5. The van der Waals surface area contributed by atoms with E-state index in [2.05, 4.69) is 10.4 Å². The number of amides is 1. The summed E-state index contributed by atoms with van der Waals surface area (Å²) in [5.74, 6) is -0.129. The molecule has 3 aromatic rings. The molecule has 1 heterocycles. The Kier molecular flexibility index (Phi) is 6.60. The van der Waals surface area contributed by atoms with Crippen LogP contribution >= 0.6 is 0 Å². The van der Waals surface area contributed by atoms with E-state index in [-0.39, 0.29) is 17.4 Å². The van der Waals surface area contributed by atoms with Crippen LogP contribution in [-0.2, 0) is 22.1 Å². The number of nitrogens with one attached hydrogen (secondary N) is 1. The highest BCUT2D eigenvalue weighted by Crippen LogP contribution is 2.08. The molecule has 1 N–H and O–H groups in total. The van der Waals surface area contributed by atoms with Crippen molar-refractivity contribution in [2.45, 2.75) is 18.7 Å². The molecule has 0 aliphatic rings. The van der Waals surface area contributed by atoms with Crippen LogP contribution in [0.25, 0.3) is 0 Å². The zero-order valence-corrected chi connectivity index (χ0v) is 16.3. The fraction of sp³-hybridized carbons (Fsp3) is 0.238. The number of sulfone groups is 1. The molecule has 3 rings (SSSR count). The van der Waals surface area contributed by atoms with Gasteiger partial charge >= 0.3 is 0 Å². The van der Waals surface area contributed by atoms with Crippen LogP contribution in [0.3, 0.4) is 0 Å². The summed E-state index contributed by atoms with van der Waals surface area (Å²) in [6, 6.07) is 18.3. The molecular weight excluding hydrogens is 374 g/mol. The first-order valence-electron chi connectivity index (χ1n) is 9.11. The Balaban J connectivity index is 1.42. The fourth-order valence-electron chi connectivity index (χ4n) is 2.84. The number of benzene rings is 2. The lowest BCUT2D eigenvalue weighted by atomic mass is 10.1. The predicted octanol–water partition coefficient (Wildman–Crippen LogP) is 2.67. The number of hydrogen-bond donors (Lipinski definition) is 1. The van der Waals surface area contributed by atoms with Gasteiger partial charge in [-0.2, -0.15) is 5.10 Å². The summed E-state index contributed by atoms with van der Waals surface area (Å²) in [6.07, 6.45) is 3.99. The summed E-state index contributed by atoms with van der Waals surface area (Å²) in [5, 5.41) is 6.93. The predicted molar refractivity (Wildman–Crippen MR) is 109 cm³/mol. The molecule has 0 saturated heterocycles. The lowest BCUT2D eigenvalue weighted by molar-refractivity contribution is 0.0953. The van der Waals surface area contributed by atoms with Crippen molar-refractivity contribution in [3.05, 3.63) is 89.7 Å². The van der Waals surface area contributed by atoms with Gasteiger partial charge in [-0.05, 0) is 35.7 Å². The van der Waals surface area contributed by atoms with Crippen LogP contribution in [0.5, 0.6) is 0 Å². The Hall–Kier alpha value is -2.93. The topological polar surface area (TPSA) is 81.1 Å². The molecule has 0 spiro atoms. The first kappa shape index (κ1) is 19.8. The van der Waals surface area contributed by atoms with Gasteiger partial charge in [0.25, 0.3) is 5.91 Å². The maximum atomic E-state index is 12.2. The van der Waals surface area contributed by atoms with Crippen LogP contribution in [0.4, 0.5) is 0 Å². The van der Waals surface area contributed by atoms with Crippen LogP contribution in [0.1, 0.15) is 27.9 Å². The SMILES string of the molecule is O=C(NCCCS(=O)(=O)Cc1ccccc1)c1ccc(Cn2cccn2)cc1. The van der Waals surface area contributed by atoms with Crippen molar-refractivity contribution >= 4 is 15.7 Å². The summed E-state index contributed by atoms with van der Waals surface area (Å²) in [5.41, 5.74) is 2.38. The number of hydrogen-bond acceptors (Lipinski definition) is 4. The molecule has 0 aliphatic carbocycles. The maximum Gasteiger partial charge on any atom is 0.251 e. The summed E-state index contributed by atoms with van der Waals surface area (Å²) in [6.45, 7) is 0.968. The molecule has 0 saturated carbocycles. The average molecular weight is 398 g/mol. The second-order valence-corrected chi connectivity index (χ2v) is 8.77. The molecule has 7 heteroatoms. The van der Waals surface area contributed by atoms with Gasteiger partial charge in [-0.15, -0.1) is 0 Å². The monoisotopic (exact) mass is 397 g/mol. The van der Waals surface area contributed by atoms with E-state index in [1.807, 2.05) is 47.3 Å². The second kappa shape index (κ2) is 9.32. The van der Waals surface area contributed by atoms with Crippen molar-refractivity contribution in [2.75, 3.05) is 12.3 Å². The maximum absolute atomic E-state index is 12.2. The van der Waals surface area contributed by atoms with Crippen LogP contribution in [-0.4, -0.2) is 36.4 Å². The standard InChI is InChI=1S/C21H23N3O3S/c25-21(20-10-8-18(9-11-20)16-24-14-4-13-23-24)22-12-5-15-28(26,27)17-19-6-2-1-3-7-19/h1-4,6-11,13-14H,5,12,15-17H2,(H,22,25). The van der Waals surface area contributed by atoms with Crippen LogP contribution in [0.15, 0.2) is 73.1 Å². The Bertz CT molecular complexity index is 983. The van der Waals surface area contributed by atoms with Gasteiger partial charge in [-0.3, -0.25) is 9.48 Å². The van der Waals surface area contributed by atoms with Crippen molar-refractivity contribution in [3.8, 4) is 0 Å². The quantitative estimate of drug-likeness (QED) is 0.563. The van der Waals surface area contributed by atoms with Crippen LogP contribution in [0, 0.1) is 0 Å². The van der Waals surface area contributed by atoms with Gasteiger partial charge in [-0.1, -0.05) is 42.5 Å². The van der Waals surface area contributed by atoms with E-state index in [1.165, 1.54) is 0 Å². The molecule has 6 nitrogen and oxygen atoms in total. The molecule has 0 bridgehead atoms. The van der Waals surface area contributed by atoms with Gasteiger partial charge in [0.15, 0.2) is 9.84 Å². The highest BCUT2D eigenvalue weighted by atomic mass is 32.2. The molecule has 0 atom stereocenters. The first-order valence-corrected chi connectivity index (χ1v) is 10.9. The smallest absolute Gasteiger partial charge is 0.251 e. The minimum atomic E-state index is -3.19. The van der Waals surface area contributed by atoms with E-state index < -0.39 is 9.84 Å². The molecule has 0 radical (unpaired) electrons. The van der Waals surface area contributed by atoms with E-state index in [1.54, 1.807) is 30.5 Å². The van der Waals surface area contributed by atoms with Gasteiger partial charge in [0.1, 0.15) is 0 Å². The highest BCUT2D eigenvalue weighted by Gasteiger charge is 2.12. The summed E-state index contributed by atoms with van der Waals surface area (Å²) >= 11 is 0. The number of carbonyl (C=O) groups is 1. The Morgan fingerprint density at radius 2 is 1.71 bits per heavy atom. The van der Waals surface area contributed by atoms with Gasteiger partial charge in [0.05, 0.1) is 18.1 Å². The zero-order chi connectivity index (χ0) is 19.8. The molecule has 0 aliphatic heterocycles. The van der Waals surface area contributed by atoms with E-state index >= 15 is 0 Å². The molecule has 146 valence electrons. The third-order valence-corrected chi connectivity index (χ3v) is 5.95. The van der Waals surface area contributed by atoms with Gasteiger partial charge in [-0.25, -0.2) is 8.42 Å². The minimum absolute atomic E-state index is 0.0273. The van der Waals surface area contributed by atoms with Crippen molar-refractivity contribution in [1.29, 1.82) is 0 Å². The van der Waals surface area contributed by atoms with Crippen molar-refractivity contribution < 1.29 is 13.2 Å². The zero-order valence-electron chi connectivity index (χ0n) is 15.5. The van der Waals surface area contributed by atoms with Gasteiger partial charge < -0.3 is 5.32 Å². The van der Waals surface area contributed by atoms with Crippen molar-refractivity contribution in [2.24, 2.45) is 0 Å². The minimum Gasteiger partial charge on any atom is -0.352 e. The number of aromatic nitrogens is 2. The highest BCUT2D eigenvalue weighted by molar-refractivity contribution is 7.90. The molecule has 2 aromatic carbocycles. The largest absolute Gasteiger partial charge is 0.352 e.